The van der Waals surface area contributed by atoms with Crippen LogP contribution in [0.2, 0.25) is 15.1 Å². The molecule has 7 nitrogen and oxygen atoms in total. The van der Waals surface area contributed by atoms with Gasteiger partial charge in [0.05, 0.1) is 33.7 Å². The van der Waals surface area contributed by atoms with Crippen molar-refractivity contribution < 1.29 is 23.9 Å². The first-order valence-corrected chi connectivity index (χ1v) is 13.6. The molecule has 12 heteroatoms. The fraction of sp³-hybridized carbons (Fsp3) is 0.115. The van der Waals surface area contributed by atoms with Crippen molar-refractivity contribution in [2.24, 2.45) is 0 Å². The summed E-state index contributed by atoms with van der Waals surface area (Å²) in [6.07, 6.45) is 1.58. The van der Waals surface area contributed by atoms with Gasteiger partial charge in [0.15, 0.2) is 18.1 Å². The molecule has 0 atom stereocenters. The van der Waals surface area contributed by atoms with Crippen LogP contribution in [0, 0.1) is 0 Å². The molecule has 1 aliphatic rings. The van der Waals surface area contributed by atoms with Crippen LogP contribution in [-0.2, 0) is 16.1 Å². The summed E-state index contributed by atoms with van der Waals surface area (Å²) in [4.78, 5) is 39.3. The van der Waals surface area contributed by atoms with Crippen molar-refractivity contribution in [1.29, 1.82) is 0 Å². The van der Waals surface area contributed by atoms with E-state index >= 15 is 0 Å². The molecule has 1 aliphatic heterocycles. The fourth-order valence-electron chi connectivity index (χ4n) is 3.46. The first kappa shape index (κ1) is 28.3. The van der Waals surface area contributed by atoms with E-state index in [0.717, 1.165) is 16.7 Å². The number of ether oxygens (including phenoxy) is 2. The molecule has 3 amide bonds. The maximum atomic E-state index is 13.0. The van der Waals surface area contributed by atoms with Gasteiger partial charge in [-0.1, -0.05) is 53.0 Å². The lowest BCUT2D eigenvalue weighted by Crippen LogP contribution is -2.27. The largest absolute Gasteiger partial charge is 0.493 e. The standard InChI is InChI=1S/C26H18BrCl3N2O5S/c1-36-21-9-14(8-17(27)24(21)37-13-23(33)31-20-5-3-2-4-18(20)29)10-22-25(34)32(26(35)38-22)12-15-6-7-16(28)11-19(15)30/h2-11H,12-13H2,1H3,(H,31,33)/b22-10-. The topological polar surface area (TPSA) is 84.9 Å². The summed E-state index contributed by atoms with van der Waals surface area (Å²) in [7, 11) is 1.45. The van der Waals surface area contributed by atoms with Crippen molar-refractivity contribution >= 4 is 91.3 Å². The number of thioether (sulfide) groups is 1. The number of rotatable bonds is 8. The lowest BCUT2D eigenvalue weighted by Gasteiger charge is -2.14. The number of benzene rings is 3. The Bertz CT molecular complexity index is 1470. The molecule has 0 spiro atoms. The van der Waals surface area contributed by atoms with E-state index in [1.54, 1.807) is 60.7 Å². The highest BCUT2D eigenvalue weighted by molar-refractivity contribution is 9.10. The third-order valence-corrected chi connectivity index (χ3v) is 7.68. The Morgan fingerprint density at radius 1 is 1.08 bits per heavy atom. The quantitative estimate of drug-likeness (QED) is 0.251. The number of carbonyl (C=O) groups is 3. The van der Waals surface area contributed by atoms with Crippen LogP contribution in [-0.4, -0.2) is 35.7 Å². The predicted molar refractivity (Wildman–Crippen MR) is 154 cm³/mol. The van der Waals surface area contributed by atoms with Crippen molar-refractivity contribution in [3.05, 3.63) is 90.2 Å². The Hall–Kier alpha value is -2.69. The highest BCUT2D eigenvalue weighted by Crippen LogP contribution is 2.39. The van der Waals surface area contributed by atoms with E-state index in [2.05, 4.69) is 21.2 Å². The maximum Gasteiger partial charge on any atom is 0.293 e. The summed E-state index contributed by atoms with van der Waals surface area (Å²) in [6, 6.07) is 15.1. The Labute approximate surface area is 246 Å². The van der Waals surface area contributed by atoms with Gasteiger partial charge in [0.25, 0.3) is 17.1 Å². The number of hydrogen-bond acceptors (Lipinski definition) is 6. The van der Waals surface area contributed by atoms with Gasteiger partial charge in [0, 0.05) is 10.0 Å². The van der Waals surface area contributed by atoms with Gasteiger partial charge in [-0.3, -0.25) is 19.3 Å². The van der Waals surface area contributed by atoms with Gasteiger partial charge in [-0.05, 0) is 81.3 Å². The summed E-state index contributed by atoms with van der Waals surface area (Å²) in [6.45, 7) is -0.278. The average Bonchev–Trinajstić information content (AvgIpc) is 3.13. The number of hydrogen-bond donors (Lipinski definition) is 1. The highest BCUT2D eigenvalue weighted by Gasteiger charge is 2.35. The van der Waals surface area contributed by atoms with Crippen molar-refractivity contribution in [2.75, 3.05) is 19.0 Å². The zero-order valence-electron chi connectivity index (χ0n) is 19.6. The smallest absolute Gasteiger partial charge is 0.293 e. The normalized spacial score (nSPS) is 14.2. The Kier molecular flexibility index (Phi) is 9.27. The Balaban J connectivity index is 1.48. The van der Waals surface area contributed by atoms with Crippen molar-refractivity contribution in [2.45, 2.75) is 6.54 Å². The van der Waals surface area contributed by atoms with E-state index < -0.39 is 17.1 Å². The highest BCUT2D eigenvalue weighted by atomic mass is 79.9. The van der Waals surface area contributed by atoms with Crippen molar-refractivity contribution in [3.63, 3.8) is 0 Å². The van der Waals surface area contributed by atoms with Gasteiger partial charge < -0.3 is 14.8 Å². The van der Waals surface area contributed by atoms with E-state index in [4.69, 9.17) is 44.3 Å². The SMILES string of the molecule is COc1cc(/C=C2\SC(=O)N(Cc3ccc(Cl)cc3Cl)C2=O)cc(Br)c1OCC(=O)Nc1ccccc1Cl. The van der Waals surface area contributed by atoms with E-state index in [1.807, 2.05) is 0 Å². The third kappa shape index (κ3) is 6.65. The molecule has 3 aromatic carbocycles. The molecule has 0 aliphatic carbocycles. The van der Waals surface area contributed by atoms with Gasteiger partial charge >= 0.3 is 0 Å². The summed E-state index contributed by atoms with van der Waals surface area (Å²) < 4.78 is 11.6. The first-order chi connectivity index (χ1) is 18.2. The number of para-hydroxylation sites is 1. The second-order valence-electron chi connectivity index (χ2n) is 7.85. The molecule has 0 aromatic heterocycles. The number of imide groups is 1. The molecule has 4 rings (SSSR count). The predicted octanol–water partition coefficient (Wildman–Crippen LogP) is 7.67. The van der Waals surface area contributed by atoms with Crippen molar-refractivity contribution in [3.8, 4) is 11.5 Å². The van der Waals surface area contributed by atoms with Crippen LogP contribution in [0.25, 0.3) is 6.08 Å². The minimum atomic E-state index is -0.447. The molecular weight excluding hydrogens is 639 g/mol. The molecule has 0 bridgehead atoms. The van der Waals surface area contributed by atoms with Crippen LogP contribution in [0.15, 0.2) is 64.0 Å². The number of halogens is 4. The molecule has 1 fully saturated rings. The molecule has 0 radical (unpaired) electrons. The van der Waals surface area contributed by atoms with Crippen LogP contribution in [0.3, 0.4) is 0 Å². The molecule has 38 heavy (non-hydrogen) atoms. The minimum absolute atomic E-state index is 0.0219. The van der Waals surface area contributed by atoms with Gasteiger partial charge in [-0.25, -0.2) is 0 Å². The maximum absolute atomic E-state index is 13.0. The van der Waals surface area contributed by atoms with Gasteiger partial charge in [-0.2, -0.15) is 0 Å². The van der Waals surface area contributed by atoms with E-state index in [9.17, 15) is 14.4 Å². The molecule has 1 heterocycles. The Morgan fingerprint density at radius 2 is 1.84 bits per heavy atom. The van der Waals surface area contributed by atoms with E-state index in [-0.39, 0.29) is 18.1 Å². The molecule has 3 aromatic rings. The molecule has 1 N–H and O–H groups in total. The number of amides is 3. The third-order valence-electron chi connectivity index (χ3n) is 5.26. The van der Waals surface area contributed by atoms with Gasteiger partial charge in [0.2, 0.25) is 0 Å². The zero-order chi connectivity index (χ0) is 27.4. The molecule has 0 unspecified atom stereocenters. The van der Waals surface area contributed by atoms with Crippen LogP contribution in [0.5, 0.6) is 11.5 Å². The van der Waals surface area contributed by atoms with Gasteiger partial charge in [-0.15, -0.1) is 0 Å². The summed E-state index contributed by atoms with van der Waals surface area (Å²) >= 11 is 22.5. The van der Waals surface area contributed by atoms with Crippen LogP contribution in [0.4, 0.5) is 10.5 Å². The minimum Gasteiger partial charge on any atom is -0.493 e. The summed E-state index contributed by atoms with van der Waals surface area (Å²) in [5.74, 6) is -0.240. The van der Waals surface area contributed by atoms with Crippen LogP contribution in [0.1, 0.15) is 11.1 Å². The molecule has 196 valence electrons. The average molecular weight is 657 g/mol. The summed E-state index contributed by atoms with van der Waals surface area (Å²) in [5, 5.41) is 3.50. The number of nitrogens with zero attached hydrogens (tertiary/aromatic N) is 1. The summed E-state index contributed by atoms with van der Waals surface area (Å²) in [5.41, 5.74) is 1.65. The molecule has 0 saturated carbocycles. The van der Waals surface area contributed by atoms with E-state index in [1.165, 1.54) is 7.11 Å². The monoisotopic (exact) mass is 654 g/mol. The molecular formula is C26H18BrCl3N2O5S. The molecule has 1 saturated heterocycles. The van der Waals surface area contributed by atoms with E-state index in [0.29, 0.717) is 47.9 Å². The van der Waals surface area contributed by atoms with Crippen LogP contribution >= 0.6 is 62.5 Å². The van der Waals surface area contributed by atoms with Crippen LogP contribution < -0.4 is 14.8 Å². The van der Waals surface area contributed by atoms with Gasteiger partial charge in [0.1, 0.15) is 0 Å². The zero-order valence-corrected chi connectivity index (χ0v) is 24.3. The number of carbonyl (C=O) groups excluding carboxylic acids is 3. The number of anilines is 1. The lowest BCUT2D eigenvalue weighted by molar-refractivity contribution is -0.123. The fourth-order valence-corrected chi connectivity index (χ4v) is 5.52. The second-order valence-corrected chi connectivity index (χ2v) is 11.0. The lowest BCUT2D eigenvalue weighted by atomic mass is 10.1. The number of methoxy groups -OCH3 is 1. The first-order valence-electron chi connectivity index (χ1n) is 10.9. The number of nitrogens with one attached hydrogen (secondary N) is 1. The second kappa shape index (κ2) is 12.4. The van der Waals surface area contributed by atoms with Crippen molar-refractivity contribution in [1.82, 2.24) is 4.90 Å². The Morgan fingerprint density at radius 3 is 2.55 bits per heavy atom.